The highest BCUT2D eigenvalue weighted by Gasteiger charge is 2.21. The molecule has 7 nitrogen and oxygen atoms in total. The van der Waals surface area contributed by atoms with Gasteiger partial charge in [-0.15, -0.1) is 0 Å². The SMILES string of the molecule is NC(=O)CC[C@@H](NC(=O)CCN1CCCC1)C(=O)O. The molecule has 108 valence electrons. The van der Waals surface area contributed by atoms with Crippen molar-refractivity contribution in [1.82, 2.24) is 10.2 Å². The molecular weight excluding hydrogens is 250 g/mol. The van der Waals surface area contributed by atoms with Crippen molar-refractivity contribution in [3.63, 3.8) is 0 Å². The van der Waals surface area contributed by atoms with Crippen LogP contribution >= 0.6 is 0 Å². The van der Waals surface area contributed by atoms with E-state index in [4.69, 9.17) is 10.8 Å². The molecule has 0 aromatic heterocycles. The van der Waals surface area contributed by atoms with Gasteiger partial charge >= 0.3 is 5.97 Å². The van der Waals surface area contributed by atoms with Crippen LogP contribution in [0.1, 0.15) is 32.1 Å². The average molecular weight is 271 g/mol. The number of carbonyl (C=O) groups is 3. The number of nitrogens with two attached hydrogens (primary N) is 1. The van der Waals surface area contributed by atoms with Gasteiger partial charge in [-0.1, -0.05) is 0 Å². The summed E-state index contributed by atoms with van der Waals surface area (Å²) in [5.74, 6) is -2.02. The molecule has 1 rings (SSSR count). The predicted molar refractivity (Wildman–Crippen MR) is 68.3 cm³/mol. The molecular formula is C12H21N3O4. The van der Waals surface area contributed by atoms with E-state index in [-0.39, 0.29) is 25.2 Å². The molecule has 1 aliphatic heterocycles. The lowest BCUT2D eigenvalue weighted by Gasteiger charge is -2.16. The van der Waals surface area contributed by atoms with Crippen molar-refractivity contribution in [2.75, 3.05) is 19.6 Å². The van der Waals surface area contributed by atoms with Gasteiger partial charge < -0.3 is 21.1 Å². The van der Waals surface area contributed by atoms with Crippen LogP contribution in [0.3, 0.4) is 0 Å². The van der Waals surface area contributed by atoms with Crippen LogP contribution < -0.4 is 11.1 Å². The Labute approximate surface area is 112 Å². The molecule has 4 N–H and O–H groups in total. The molecule has 1 fully saturated rings. The lowest BCUT2D eigenvalue weighted by Crippen LogP contribution is -2.42. The minimum absolute atomic E-state index is 0.0279. The minimum Gasteiger partial charge on any atom is -0.480 e. The summed E-state index contributed by atoms with van der Waals surface area (Å²) in [6.45, 7) is 2.64. The normalized spacial score (nSPS) is 17.1. The fourth-order valence-electron chi connectivity index (χ4n) is 2.08. The van der Waals surface area contributed by atoms with Crippen molar-refractivity contribution in [3.05, 3.63) is 0 Å². The van der Waals surface area contributed by atoms with Crippen LogP contribution in [0.5, 0.6) is 0 Å². The molecule has 1 aliphatic rings. The van der Waals surface area contributed by atoms with Gasteiger partial charge in [0.25, 0.3) is 0 Å². The van der Waals surface area contributed by atoms with Crippen molar-refractivity contribution in [3.8, 4) is 0 Å². The van der Waals surface area contributed by atoms with E-state index in [9.17, 15) is 14.4 Å². The fourth-order valence-corrected chi connectivity index (χ4v) is 2.08. The minimum atomic E-state index is -1.14. The molecule has 0 aromatic rings. The molecule has 0 spiro atoms. The summed E-state index contributed by atoms with van der Waals surface area (Å²) in [5.41, 5.74) is 4.96. The third-order valence-electron chi connectivity index (χ3n) is 3.17. The van der Waals surface area contributed by atoms with Crippen molar-refractivity contribution in [1.29, 1.82) is 0 Å². The molecule has 0 radical (unpaired) electrons. The van der Waals surface area contributed by atoms with Gasteiger partial charge in [0.05, 0.1) is 0 Å². The van der Waals surface area contributed by atoms with Crippen molar-refractivity contribution < 1.29 is 19.5 Å². The summed E-state index contributed by atoms with van der Waals surface area (Å²) in [6, 6.07) is -1.04. The number of hydrogen-bond donors (Lipinski definition) is 3. The first-order valence-electron chi connectivity index (χ1n) is 6.52. The van der Waals surface area contributed by atoms with Crippen LogP contribution in [0.25, 0.3) is 0 Å². The summed E-state index contributed by atoms with van der Waals surface area (Å²) >= 11 is 0. The number of carbonyl (C=O) groups excluding carboxylic acids is 2. The Morgan fingerprint density at radius 2 is 1.84 bits per heavy atom. The second-order valence-corrected chi connectivity index (χ2v) is 4.76. The Hall–Kier alpha value is -1.63. The van der Waals surface area contributed by atoms with E-state index in [1.54, 1.807) is 0 Å². The van der Waals surface area contributed by atoms with E-state index in [0.717, 1.165) is 25.9 Å². The fraction of sp³-hybridized carbons (Fsp3) is 0.750. The van der Waals surface area contributed by atoms with E-state index in [0.29, 0.717) is 6.54 Å². The third kappa shape index (κ3) is 6.19. The van der Waals surface area contributed by atoms with E-state index in [1.165, 1.54) is 0 Å². The van der Waals surface area contributed by atoms with Gasteiger partial charge in [-0.2, -0.15) is 0 Å². The first kappa shape index (κ1) is 15.4. The number of aliphatic carboxylic acids is 1. The molecule has 1 saturated heterocycles. The molecule has 19 heavy (non-hydrogen) atoms. The highest BCUT2D eigenvalue weighted by Crippen LogP contribution is 2.07. The number of rotatable bonds is 8. The van der Waals surface area contributed by atoms with Crippen molar-refractivity contribution >= 4 is 17.8 Å². The van der Waals surface area contributed by atoms with Crippen LogP contribution in [0, 0.1) is 0 Å². The Balaban J connectivity index is 2.29. The molecule has 2 amide bonds. The summed E-state index contributed by atoms with van der Waals surface area (Å²) in [5, 5.41) is 11.4. The van der Waals surface area contributed by atoms with Gasteiger partial charge in [0.2, 0.25) is 11.8 Å². The van der Waals surface area contributed by atoms with Crippen molar-refractivity contribution in [2.24, 2.45) is 5.73 Å². The Morgan fingerprint density at radius 1 is 1.21 bits per heavy atom. The highest BCUT2D eigenvalue weighted by atomic mass is 16.4. The summed E-state index contributed by atoms with van der Waals surface area (Å²) in [4.78, 5) is 35.4. The van der Waals surface area contributed by atoms with Gasteiger partial charge in [0, 0.05) is 19.4 Å². The number of amides is 2. The van der Waals surface area contributed by atoms with E-state index >= 15 is 0 Å². The number of nitrogens with zero attached hydrogens (tertiary/aromatic N) is 1. The third-order valence-corrected chi connectivity index (χ3v) is 3.17. The van der Waals surface area contributed by atoms with Gasteiger partial charge in [-0.25, -0.2) is 4.79 Å². The summed E-state index contributed by atoms with van der Waals surface area (Å²) in [7, 11) is 0. The maximum atomic E-state index is 11.6. The zero-order valence-corrected chi connectivity index (χ0v) is 10.9. The monoisotopic (exact) mass is 271 g/mol. The van der Waals surface area contributed by atoms with Gasteiger partial charge in [0.15, 0.2) is 0 Å². The van der Waals surface area contributed by atoms with Gasteiger partial charge in [-0.05, 0) is 32.4 Å². The topological polar surface area (TPSA) is 113 Å². The smallest absolute Gasteiger partial charge is 0.326 e. The Kier molecular flexibility index (Phi) is 6.27. The van der Waals surface area contributed by atoms with Crippen LogP contribution in [-0.2, 0) is 14.4 Å². The number of hydrogen-bond acceptors (Lipinski definition) is 4. The van der Waals surface area contributed by atoms with Gasteiger partial charge in [0.1, 0.15) is 6.04 Å². The van der Waals surface area contributed by atoms with E-state index < -0.39 is 17.9 Å². The zero-order valence-electron chi connectivity index (χ0n) is 10.9. The lowest BCUT2D eigenvalue weighted by atomic mass is 10.1. The van der Waals surface area contributed by atoms with Gasteiger partial charge in [-0.3, -0.25) is 9.59 Å². The van der Waals surface area contributed by atoms with Crippen LogP contribution in [0.4, 0.5) is 0 Å². The molecule has 7 heteroatoms. The molecule has 0 bridgehead atoms. The zero-order chi connectivity index (χ0) is 14.3. The maximum Gasteiger partial charge on any atom is 0.326 e. The molecule has 0 aromatic carbocycles. The number of nitrogens with one attached hydrogen (secondary N) is 1. The lowest BCUT2D eigenvalue weighted by molar-refractivity contribution is -0.142. The molecule has 1 atom stereocenters. The predicted octanol–water partition coefficient (Wildman–Crippen LogP) is -0.693. The first-order valence-corrected chi connectivity index (χ1v) is 6.52. The second-order valence-electron chi connectivity index (χ2n) is 4.76. The summed E-state index contributed by atoms with van der Waals surface area (Å²) < 4.78 is 0. The number of carboxylic acids is 1. The number of carboxylic acid groups (broad SMARTS) is 1. The van der Waals surface area contributed by atoms with Crippen LogP contribution in [-0.4, -0.2) is 53.5 Å². The van der Waals surface area contributed by atoms with E-state index in [1.807, 2.05) is 0 Å². The van der Waals surface area contributed by atoms with Crippen LogP contribution in [0.15, 0.2) is 0 Å². The Morgan fingerprint density at radius 3 is 2.37 bits per heavy atom. The number of primary amides is 1. The average Bonchev–Trinajstić information content (AvgIpc) is 2.84. The molecule has 0 unspecified atom stereocenters. The van der Waals surface area contributed by atoms with Crippen LogP contribution in [0.2, 0.25) is 0 Å². The largest absolute Gasteiger partial charge is 0.480 e. The number of likely N-dealkylation sites (tertiary alicyclic amines) is 1. The second kappa shape index (κ2) is 7.73. The molecule has 0 aliphatic carbocycles. The first-order chi connectivity index (χ1) is 8.99. The quantitative estimate of drug-likeness (QED) is 0.540. The molecule has 0 saturated carbocycles. The van der Waals surface area contributed by atoms with Crippen molar-refractivity contribution in [2.45, 2.75) is 38.1 Å². The van der Waals surface area contributed by atoms with E-state index in [2.05, 4.69) is 10.2 Å². The maximum absolute atomic E-state index is 11.6. The molecule has 1 heterocycles. The standard InChI is InChI=1S/C12H21N3O4/c13-10(16)4-3-9(12(18)19)14-11(17)5-8-15-6-1-2-7-15/h9H,1-8H2,(H2,13,16)(H,14,17)(H,18,19)/t9-/m1/s1. The highest BCUT2D eigenvalue weighted by molar-refractivity contribution is 5.84. The Bertz CT molecular complexity index is 340. The summed E-state index contributed by atoms with van der Waals surface area (Å²) in [6.07, 6.45) is 2.56.